The summed E-state index contributed by atoms with van der Waals surface area (Å²) in [6.45, 7) is 4.24. The summed E-state index contributed by atoms with van der Waals surface area (Å²) in [6.07, 6.45) is 3.58. The molecule has 0 N–H and O–H groups in total. The highest BCUT2D eigenvalue weighted by Crippen LogP contribution is 2.41. The number of aryl methyl sites for hydroxylation is 6. The molecule has 0 saturated carbocycles. The highest BCUT2D eigenvalue weighted by Gasteiger charge is 2.19. The molecule has 0 aliphatic carbocycles. The van der Waals surface area contributed by atoms with Crippen LogP contribution in [-0.2, 0) is 63.8 Å². The zero-order valence-electron chi connectivity index (χ0n) is 37.5. The fraction of sp³-hybridized carbons (Fsp3) is 0.259. The van der Waals surface area contributed by atoms with Crippen LogP contribution in [-0.4, -0.2) is 52.3 Å². The van der Waals surface area contributed by atoms with Crippen LogP contribution >= 0.6 is 0 Å². The van der Waals surface area contributed by atoms with Crippen LogP contribution in [0, 0.1) is 13.8 Å². The number of hydrogen-bond donors (Lipinski definition) is 0. The van der Waals surface area contributed by atoms with Crippen LogP contribution in [0.2, 0.25) is 0 Å². The number of rotatable bonds is 19. The lowest BCUT2D eigenvalue weighted by atomic mass is 9.98. The van der Waals surface area contributed by atoms with Gasteiger partial charge in [0.25, 0.3) is 0 Å². The summed E-state index contributed by atoms with van der Waals surface area (Å²) in [7, 11) is 5.61. The van der Waals surface area contributed by atoms with E-state index in [-0.39, 0.29) is 23.9 Å². The Morgan fingerprint density at radius 1 is 0.359 bits per heavy atom. The molecule has 0 amide bonds. The lowest BCUT2D eigenvalue weighted by Crippen LogP contribution is -2.12. The molecule has 0 heterocycles. The van der Waals surface area contributed by atoms with Crippen molar-refractivity contribution in [1.29, 1.82) is 0 Å². The van der Waals surface area contributed by atoms with Crippen molar-refractivity contribution in [2.45, 2.75) is 65.2 Å². The van der Waals surface area contributed by atoms with Crippen LogP contribution in [0.3, 0.4) is 0 Å². The maximum atomic E-state index is 11.8. The Hall–Kier alpha value is -7.20. The molecule has 6 aromatic carbocycles. The minimum Gasteiger partial charge on any atom is -0.469 e. The summed E-state index contributed by atoms with van der Waals surface area (Å²) in [5.41, 5.74) is 14.3. The van der Waals surface area contributed by atoms with Gasteiger partial charge >= 0.3 is 23.9 Å². The summed E-state index contributed by atoms with van der Waals surface area (Å²) >= 11 is 0. The van der Waals surface area contributed by atoms with E-state index < -0.39 is 0 Å². The number of esters is 4. The van der Waals surface area contributed by atoms with Crippen molar-refractivity contribution < 1.29 is 38.1 Å². The third-order valence-corrected chi connectivity index (χ3v) is 11.4. The first-order valence-electron chi connectivity index (χ1n) is 21.4. The third kappa shape index (κ3) is 12.0. The number of methoxy groups -OCH3 is 4. The van der Waals surface area contributed by atoms with Crippen LogP contribution in [0.1, 0.15) is 59.1 Å². The first-order chi connectivity index (χ1) is 31.0. The summed E-state index contributed by atoms with van der Waals surface area (Å²) < 4.78 is 19.4. The quantitative estimate of drug-likeness (QED) is 0.0576. The van der Waals surface area contributed by atoms with Crippen molar-refractivity contribution in [2.75, 3.05) is 38.2 Å². The number of carbonyl (C=O) groups excluding carboxylic acids is 4. The molecule has 0 unspecified atom stereocenters. The predicted molar refractivity (Wildman–Crippen MR) is 252 cm³/mol. The van der Waals surface area contributed by atoms with E-state index in [1.807, 2.05) is 48.5 Å². The van der Waals surface area contributed by atoms with Gasteiger partial charge in [0.1, 0.15) is 0 Å². The average molecular weight is 861 g/mol. The molecule has 0 aromatic heterocycles. The number of hydrogen-bond acceptors (Lipinski definition) is 10. The van der Waals surface area contributed by atoms with Crippen LogP contribution in [0.5, 0.6) is 0 Å². The predicted octanol–water partition coefficient (Wildman–Crippen LogP) is 11.3. The third-order valence-electron chi connectivity index (χ3n) is 11.4. The van der Waals surface area contributed by atoms with E-state index >= 15 is 0 Å². The number of carbonyl (C=O) groups is 4. The van der Waals surface area contributed by atoms with Crippen LogP contribution < -0.4 is 9.80 Å². The zero-order valence-corrected chi connectivity index (χ0v) is 37.5. The highest BCUT2D eigenvalue weighted by molar-refractivity contribution is 5.84. The van der Waals surface area contributed by atoms with Crippen LogP contribution in [0.25, 0.3) is 11.1 Å². The van der Waals surface area contributed by atoms with Gasteiger partial charge < -0.3 is 28.7 Å². The summed E-state index contributed by atoms with van der Waals surface area (Å²) in [5, 5.41) is 0. The second kappa shape index (κ2) is 22.2. The van der Waals surface area contributed by atoms with Crippen molar-refractivity contribution in [3.8, 4) is 11.1 Å². The molecule has 0 bridgehead atoms. The molecular formula is C54H56N2O8. The number of anilines is 6. The normalized spacial score (nSPS) is 10.8. The molecule has 10 nitrogen and oxygen atoms in total. The molecule has 6 rings (SSSR count). The number of nitrogens with zero attached hydrogens (tertiary/aromatic N) is 2. The second-order valence-corrected chi connectivity index (χ2v) is 15.6. The van der Waals surface area contributed by atoms with Gasteiger partial charge in [0.15, 0.2) is 0 Å². The van der Waals surface area contributed by atoms with Gasteiger partial charge in [0, 0.05) is 59.8 Å². The minimum absolute atomic E-state index is 0.240. The lowest BCUT2D eigenvalue weighted by Gasteiger charge is -2.28. The molecule has 0 aliphatic rings. The van der Waals surface area contributed by atoms with Gasteiger partial charge in [-0.05, 0) is 157 Å². The summed E-state index contributed by atoms with van der Waals surface area (Å²) in [6, 6.07) is 46.0. The number of benzene rings is 6. The van der Waals surface area contributed by atoms with Crippen molar-refractivity contribution in [3.05, 3.63) is 167 Å². The van der Waals surface area contributed by atoms with Gasteiger partial charge in [-0.3, -0.25) is 19.2 Å². The Bertz CT molecular complexity index is 2230. The number of ether oxygens (including phenoxy) is 4. The van der Waals surface area contributed by atoms with E-state index in [4.69, 9.17) is 18.9 Å². The monoisotopic (exact) mass is 860 g/mol. The molecule has 10 heteroatoms. The SMILES string of the molecule is COC(=O)CCc1ccc(N(c2ccc(CCC(=O)OC)cc2)c2ccc(-c3ccc(N(c4ccc(CCC(=O)OC)cc4)c4ccc(CCC(=O)OC)cc4)c(C)c3)cc2C)cc1. The molecular weight excluding hydrogens is 805 g/mol. The van der Waals surface area contributed by atoms with Crippen molar-refractivity contribution in [2.24, 2.45) is 0 Å². The maximum absolute atomic E-state index is 11.8. The van der Waals surface area contributed by atoms with Crippen molar-refractivity contribution in [3.63, 3.8) is 0 Å². The van der Waals surface area contributed by atoms with E-state index in [0.717, 1.165) is 78.6 Å². The van der Waals surface area contributed by atoms with Crippen molar-refractivity contribution in [1.82, 2.24) is 0 Å². The molecule has 330 valence electrons. The molecule has 0 atom stereocenters. The van der Waals surface area contributed by atoms with Crippen LogP contribution in [0.4, 0.5) is 34.1 Å². The fourth-order valence-corrected chi connectivity index (χ4v) is 7.67. The Morgan fingerprint density at radius 2 is 0.594 bits per heavy atom. The smallest absolute Gasteiger partial charge is 0.305 e. The summed E-state index contributed by atoms with van der Waals surface area (Å²) in [5.74, 6) is -0.961. The lowest BCUT2D eigenvalue weighted by molar-refractivity contribution is -0.141. The molecule has 0 aliphatic heterocycles. The van der Waals surface area contributed by atoms with E-state index in [9.17, 15) is 19.2 Å². The topological polar surface area (TPSA) is 112 Å². The molecule has 0 radical (unpaired) electrons. The average Bonchev–Trinajstić information content (AvgIpc) is 3.33. The van der Waals surface area contributed by atoms with E-state index in [1.54, 1.807) is 0 Å². The Kier molecular flexibility index (Phi) is 16.1. The Morgan fingerprint density at radius 3 is 0.797 bits per heavy atom. The maximum Gasteiger partial charge on any atom is 0.305 e. The summed E-state index contributed by atoms with van der Waals surface area (Å²) in [4.78, 5) is 51.8. The van der Waals surface area contributed by atoms with Gasteiger partial charge in [-0.25, -0.2) is 0 Å². The van der Waals surface area contributed by atoms with E-state index in [2.05, 4.69) is 109 Å². The minimum atomic E-state index is -0.240. The van der Waals surface area contributed by atoms with Gasteiger partial charge in [-0.15, -0.1) is 0 Å². The zero-order chi connectivity index (χ0) is 45.6. The molecule has 64 heavy (non-hydrogen) atoms. The second-order valence-electron chi connectivity index (χ2n) is 15.6. The van der Waals surface area contributed by atoms with Gasteiger partial charge in [0.05, 0.1) is 28.4 Å². The highest BCUT2D eigenvalue weighted by atomic mass is 16.5. The first-order valence-corrected chi connectivity index (χ1v) is 21.4. The van der Waals surface area contributed by atoms with Crippen LogP contribution in [0.15, 0.2) is 133 Å². The van der Waals surface area contributed by atoms with Gasteiger partial charge in [-0.1, -0.05) is 60.7 Å². The van der Waals surface area contributed by atoms with Gasteiger partial charge in [0.2, 0.25) is 0 Å². The van der Waals surface area contributed by atoms with Gasteiger partial charge in [-0.2, -0.15) is 0 Å². The van der Waals surface area contributed by atoms with E-state index in [0.29, 0.717) is 51.4 Å². The Balaban J connectivity index is 1.32. The molecule has 0 fully saturated rings. The van der Waals surface area contributed by atoms with E-state index in [1.165, 1.54) is 28.4 Å². The van der Waals surface area contributed by atoms with Crippen molar-refractivity contribution >= 4 is 58.0 Å². The molecule has 6 aromatic rings. The fourth-order valence-electron chi connectivity index (χ4n) is 7.67. The Labute approximate surface area is 376 Å². The molecule has 0 saturated heterocycles. The standard InChI is InChI=1S/C54H56N2O8/c1-37-35-43(19-29-49(37)55(45-21-7-39(8-22-45)15-31-51(57)61-3)46-23-9-40(10-24-46)16-32-52(58)62-4)44-20-30-50(38(2)36-44)56(47-25-11-41(12-26-47)17-33-53(59)63-5)48-27-13-42(14-28-48)18-34-54(60)64-6/h7-14,19-30,35-36H,15-18,31-34H2,1-6H3. The first kappa shape index (κ1) is 46.3. The largest absolute Gasteiger partial charge is 0.469 e. The molecule has 0 spiro atoms.